The van der Waals surface area contributed by atoms with Crippen molar-refractivity contribution in [1.29, 1.82) is 0 Å². The van der Waals surface area contributed by atoms with Crippen molar-refractivity contribution in [2.45, 2.75) is 58.3 Å². The molecule has 0 spiro atoms. The fourth-order valence-electron chi connectivity index (χ4n) is 4.41. The molecule has 0 bridgehead atoms. The van der Waals surface area contributed by atoms with E-state index in [0.29, 0.717) is 47.1 Å². The number of fused-ring (bicyclic) bond motifs is 2. The zero-order valence-electron chi connectivity index (χ0n) is 16.5. The summed E-state index contributed by atoms with van der Waals surface area (Å²) in [6.45, 7) is 7.27. The van der Waals surface area contributed by atoms with Gasteiger partial charge in [-0.3, -0.25) is 14.1 Å². The van der Waals surface area contributed by atoms with E-state index in [1.807, 2.05) is 19.9 Å². The van der Waals surface area contributed by atoms with Gasteiger partial charge in [-0.1, -0.05) is 45.9 Å². The highest BCUT2D eigenvalue weighted by Crippen LogP contribution is 2.39. The van der Waals surface area contributed by atoms with Crippen LogP contribution in [0.3, 0.4) is 0 Å². The minimum Gasteiger partial charge on any atom is -0.289 e. The number of carbonyl (C=O) groups is 2. The first-order chi connectivity index (χ1) is 13.2. The lowest BCUT2D eigenvalue weighted by Crippen LogP contribution is -2.28. The predicted octanol–water partition coefficient (Wildman–Crippen LogP) is 3.96. The first-order valence-electron chi connectivity index (χ1n) is 9.61. The van der Waals surface area contributed by atoms with Crippen LogP contribution in [-0.2, 0) is 35.8 Å². The summed E-state index contributed by atoms with van der Waals surface area (Å²) >= 11 is 0. The third kappa shape index (κ3) is 2.83. The molecule has 0 saturated heterocycles. The molecule has 0 fully saturated rings. The van der Waals surface area contributed by atoms with E-state index in [9.17, 15) is 22.6 Å². The number of benzene rings is 2. The smallest absolute Gasteiger partial charge is 0.289 e. The third-order valence-corrected chi connectivity index (χ3v) is 6.55. The molecule has 1 N–H and O–H groups in total. The summed E-state index contributed by atoms with van der Waals surface area (Å²) in [5.41, 5.74) is 3.17. The SMILES string of the molecule is CCc1cccc2c1C(=O)c1c(CC)c(CC)c(S(=O)(=O)O)c(CC)c1C2=O. The number of aryl methyl sites for hydroxylation is 1. The van der Waals surface area contributed by atoms with Gasteiger partial charge in [0, 0.05) is 22.3 Å². The molecule has 0 heterocycles. The van der Waals surface area contributed by atoms with Gasteiger partial charge in [0.05, 0.1) is 0 Å². The number of hydrogen-bond acceptors (Lipinski definition) is 4. The third-order valence-electron chi connectivity index (χ3n) is 5.54. The molecule has 1 aliphatic rings. The molecule has 0 unspecified atom stereocenters. The summed E-state index contributed by atoms with van der Waals surface area (Å²) in [4.78, 5) is 26.8. The molecule has 2 aromatic rings. The topological polar surface area (TPSA) is 88.5 Å². The van der Waals surface area contributed by atoms with Crippen molar-refractivity contribution >= 4 is 21.7 Å². The average Bonchev–Trinajstić information content (AvgIpc) is 2.68. The quantitative estimate of drug-likeness (QED) is 0.655. The molecular weight excluding hydrogens is 376 g/mol. The van der Waals surface area contributed by atoms with Gasteiger partial charge in [0.15, 0.2) is 11.6 Å². The van der Waals surface area contributed by atoms with Gasteiger partial charge in [-0.2, -0.15) is 8.42 Å². The van der Waals surface area contributed by atoms with Gasteiger partial charge >= 0.3 is 0 Å². The second kappa shape index (κ2) is 7.26. The van der Waals surface area contributed by atoms with Crippen molar-refractivity contribution in [2.24, 2.45) is 0 Å². The van der Waals surface area contributed by atoms with E-state index in [0.717, 1.165) is 5.56 Å². The average molecular weight is 400 g/mol. The lowest BCUT2D eigenvalue weighted by Gasteiger charge is -2.27. The minimum atomic E-state index is -4.55. The van der Waals surface area contributed by atoms with Crippen LogP contribution in [0.1, 0.15) is 81.8 Å². The molecular formula is C22H24O5S. The van der Waals surface area contributed by atoms with Crippen LogP contribution in [0.25, 0.3) is 0 Å². The number of hydrogen-bond donors (Lipinski definition) is 1. The Bertz CT molecular complexity index is 1110. The van der Waals surface area contributed by atoms with Gasteiger partial charge < -0.3 is 0 Å². The Morgan fingerprint density at radius 2 is 1.32 bits per heavy atom. The largest absolute Gasteiger partial charge is 0.295 e. The van der Waals surface area contributed by atoms with Crippen molar-refractivity contribution in [3.8, 4) is 0 Å². The van der Waals surface area contributed by atoms with Crippen LogP contribution in [0.4, 0.5) is 0 Å². The summed E-state index contributed by atoms with van der Waals surface area (Å²) in [5.74, 6) is -0.579. The van der Waals surface area contributed by atoms with E-state index in [4.69, 9.17) is 0 Å². The summed E-state index contributed by atoms with van der Waals surface area (Å²) in [6, 6.07) is 5.20. The van der Waals surface area contributed by atoms with Crippen LogP contribution in [0, 0.1) is 0 Å². The maximum absolute atomic E-state index is 13.5. The zero-order chi connectivity index (χ0) is 20.8. The molecule has 148 valence electrons. The molecule has 0 aromatic heterocycles. The van der Waals surface area contributed by atoms with Crippen LogP contribution in [0.2, 0.25) is 0 Å². The number of carbonyl (C=O) groups excluding carboxylic acids is 2. The lowest BCUT2D eigenvalue weighted by molar-refractivity contribution is 0.0976. The second-order valence-corrected chi connectivity index (χ2v) is 8.26. The van der Waals surface area contributed by atoms with Gasteiger partial charge in [-0.15, -0.1) is 0 Å². The monoisotopic (exact) mass is 400 g/mol. The fraction of sp³-hybridized carbons (Fsp3) is 0.364. The van der Waals surface area contributed by atoms with Gasteiger partial charge in [-0.25, -0.2) is 0 Å². The Balaban J connectivity index is 2.56. The summed E-state index contributed by atoms with van der Waals surface area (Å²) < 4.78 is 34.4. The minimum absolute atomic E-state index is 0.134. The van der Waals surface area contributed by atoms with Crippen LogP contribution < -0.4 is 0 Å². The molecule has 0 atom stereocenters. The first kappa shape index (κ1) is 20.4. The normalized spacial score (nSPS) is 13.5. The van der Waals surface area contributed by atoms with Gasteiger partial charge in [-0.05, 0) is 47.9 Å². The van der Waals surface area contributed by atoms with Gasteiger partial charge in [0.1, 0.15) is 4.90 Å². The van der Waals surface area contributed by atoms with E-state index < -0.39 is 10.1 Å². The van der Waals surface area contributed by atoms with Crippen LogP contribution >= 0.6 is 0 Å². The Morgan fingerprint density at radius 3 is 1.82 bits per heavy atom. The summed E-state index contributed by atoms with van der Waals surface area (Å²) in [5, 5.41) is 0. The van der Waals surface area contributed by atoms with Gasteiger partial charge in [0.2, 0.25) is 0 Å². The molecule has 28 heavy (non-hydrogen) atoms. The predicted molar refractivity (Wildman–Crippen MR) is 107 cm³/mol. The van der Waals surface area contributed by atoms with Crippen LogP contribution in [0.5, 0.6) is 0 Å². The van der Waals surface area contributed by atoms with Crippen LogP contribution in [-0.4, -0.2) is 24.5 Å². The first-order valence-corrected chi connectivity index (χ1v) is 11.1. The van der Waals surface area contributed by atoms with E-state index in [-0.39, 0.29) is 34.0 Å². The van der Waals surface area contributed by atoms with Crippen molar-refractivity contribution < 1.29 is 22.6 Å². The zero-order valence-corrected chi connectivity index (χ0v) is 17.4. The van der Waals surface area contributed by atoms with Crippen molar-refractivity contribution in [3.05, 3.63) is 62.7 Å². The summed E-state index contributed by atoms with van der Waals surface area (Å²) in [7, 11) is -4.55. The standard InChI is InChI=1S/C22H24O5S/c1-5-12-10-9-11-16-17(12)21(24)18-13(6-2)14(7-3)22(28(25,26)27)15(8-4)19(18)20(16)23/h9-11H,5-8H2,1-4H3,(H,25,26,27). The maximum Gasteiger partial charge on any atom is 0.295 e. The Hall–Kier alpha value is -2.31. The number of rotatable bonds is 5. The molecule has 6 heteroatoms. The van der Waals surface area contributed by atoms with Crippen molar-refractivity contribution in [3.63, 3.8) is 0 Å². The highest BCUT2D eigenvalue weighted by atomic mass is 32.2. The second-order valence-electron chi connectivity index (χ2n) is 6.90. The Kier molecular flexibility index (Phi) is 5.30. The van der Waals surface area contributed by atoms with E-state index in [1.165, 1.54) is 0 Å². The molecule has 0 aliphatic heterocycles. The molecule has 1 aliphatic carbocycles. The molecule has 3 rings (SSSR count). The molecule has 0 radical (unpaired) electrons. The number of ketones is 2. The molecule has 0 amide bonds. The van der Waals surface area contributed by atoms with E-state index >= 15 is 0 Å². The van der Waals surface area contributed by atoms with Gasteiger partial charge in [0.25, 0.3) is 10.1 Å². The Morgan fingerprint density at radius 1 is 0.750 bits per heavy atom. The van der Waals surface area contributed by atoms with Crippen LogP contribution in [0.15, 0.2) is 23.1 Å². The highest BCUT2D eigenvalue weighted by Gasteiger charge is 2.38. The highest BCUT2D eigenvalue weighted by molar-refractivity contribution is 7.86. The summed E-state index contributed by atoms with van der Waals surface area (Å²) in [6.07, 6.45) is 1.56. The maximum atomic E-state index is 13.5. The van der Waals surface area contributed by atoms with Crippen molar-refractivity contribution in [2.75, 3.05) is 0 Å². The Labute approximate surface area is 165 Å². The van der Waals surface area contributed by atoms with E-state index in [2.05, 4.69) is 0 Å². The molecule has 0 saturated carbocycles. The fourth-order valence-corrected chi connectivity index (χ4v) is 5.55. The molecule has 2 aromatic carbocycles. The molecule has 5 nitrogen and oxygen atoms in total. The van der Waals surface area contributed by atoms with E-state index in [1.54, 1.807) is 26.0 Å². The van der Waals surface area contributed by atoms with Crippen molar-refractivity contribution in [1.82, 2.24) is 0 Å². The lowest BCUT2D eigenvalue weighted by atomic mass is 9.75.